The first-order chi connectivity index (χ1) is 10.6. The van der Waals surface area contributed by atoms with Gasteiger partial charge in [0.25, 0.3) is 5.56 Å². The number of hydrogen-bond donors (Lipinski definition) is 3. The average Bonchev–Trinajstić information content (AvgIpc) is 2.89. The van der Waals surface area contributed by atoms with E-state index in [4.69, 9.17) is 0 Å². The molecule has 3 aromatic heterocycles. The minimum atomic E-state index is -0.125. The molecule has 22 heavy (non-hydrogen) atoms. The number of aromatic nitrogens is 3. The van der Waals surface area contributed by atoms with Gasteiger partial charge in [-0.25, -0.2) is 0 Å². The molecular weight excluding hydrogens is 278 g/mol. The standard InChI is InChI=1S/C17H13N3O2/c1-10-12-4-2-3-5-14(12)19-17(21)16(10)15-8-11-9-20(22)7-6-13(11)18-15/h2-9,22H,1H3,(H,19,21)/p+1. The van der Waals surface area contributed by atoms with E-state index in [1.807, 2.05) is 37.3 Å². The molecule has 0 saturated heterocycles. The second kappa shape index (κ2) is 4.46. The summed E-state index contributed by atoms with van der Waals surface area (Å²) in [6.07, 6.45) is 3.14. The lowest BCUT2D eigenvalue weighted by molar-refractivity contribution is -0.903. The van der Waals surface area contributed by atoms with E-state index in [-0.39, 0.29) is 5.56 Å². The van der Waals surface area contributed by atoms with Gasteiger partial charge < -0.3 is 9.97 Å². The lowest BCUT2D eigenvalue weighted by atomic mass is 10.0. The molecule has 0 aliphatic heterocycles. The number of nitrogens with one attached hydrogen (secondary N) is 2. The zero-order valence-corrected chi connectivity index (χ0v) is 11.9. The summed E-state index contributed by atoms with van der Waals surface area (Å²) >= 11 is 0. The van der Waals surface area contributed by atoms with Crippen molar-refractivity contribution in [3.63, 3.8) is 0 Å². The second-order valence-corrected chi connectivity index (χ2v) is 5.38. The molecule has 108 valence electrons. The van der Waals surface area contributed by atoms with Gasteiger partial charge in [-0.3, -0.25) is 10.0 Å². The Bertz CT molecular complexity index is 1080. The van der Waals surface area contributed by atoms with Crippen LogP contribution in [0.25, 0.3) is 33.1 Å². The van der Waals surface area contributed by atoms with Gasteiger partial charge in [-0.2, -0.15) is 0 Å². The lowest BCUT2D eigenvalue weighted by Crippen LogP contribution is -2.27. The molecule has 0 spiro atoms. The highest BCUT2D eigenvalue weighted by Crippen LogP contribution is 2.26. The SMILES string of the molecule is Cc1c(-c2cc3c[n+](O)ccc3[nH]2)c(=O)[nH]c2ccccc12. The van der Waals surface area contributed by atoms with Crippen LogP contribution in [0.4, 0.5) is 0 Å². The summed E-state index contributed by atoms with van der Waals surface area (Å²) < 4.78 is 0.997. The van der Waals surface area contributed by atoms with Gasteiger partial charge in [0.1, 0.15) is 0 Å². The quantitative estimate of drug-likeness (QED) is 0.372. The van der Waals surface area contributed by atoms with Crippen molar-refractivity contribution in [3.8, 4) is 11.3 Å². The Morgan fingerprint density at radius 3 is 2.77 bits per heavy atom. The van der Waals surface area contributed by atoms with Crippen molar-refractivity contribution < 1.29 is 9.94 Å². The fraction of sp³-hybridized carbons (Fsp3) is 0.0588. The molecule has 1 aromatic carbocycles. The van der Waals surface area contributed by atoms with E-state index < -0.39 is 0 Å². The normalized spacial score (nSPS) is 11.3. The molecule has 0 saturated carbocycles. The van der Waals surface area contributed by atoms with Gasteiger partial charge in [0.05, 0.1) is 22.2 Å². The molecule has 0 unspecified atom stereocenters. The number of benzene rings is 1. The van der Waals surface area contributed by atoms with Crippen molar-refractivity contribution in [1.82, 2.24) is 9.97 Å². The maximum atomic E-state index is 12.5. The summed E-state index contributed by atoms with van der Waals surface area (Å²) in [7, 11) is 0. The number of aryl methyl sites for hydroxylation is 1. The van der Waals surface area contributed by atoms with Crippen molar-refractivity contribution in [2.45, 2.75) is 6.92 Å². The van der Waals surface area contributed by atoms with Crippen molar-refractivity contribution in [2.24, 2.45) is 0 Å². The summed E-state index contributed by atoms with van der Waals surface area (Å²) in [4.78, 5) is 18.6. The molecule has 0 aliphatic rings. The fourth-order valence-corrected chi connectivity index (χ4v) is 2.94. The highest BCUT2D eigenvalue weighted by atomic mass is 16.5. The van der Waals surface area contributed by atoms with Crippen LogP contribution in [0.2, 0.25) is 0 Å². The van der Waals surface area contributed by atoms with Crippen molar-refractivity contribution in [2.75, 3.05) is 0 Å². The number of pyridine rings is 2. The first-order valence-corrected chi connectivity index (χ1v) is 6.99. The third-order valence-electron chi connectivity index (χ3n) is 4.00. The lowest BCUT2D eigenvalue weighted by Gasteiger charge is -2.07. The molecule has 4 aromatic rings. The Labute approximate surface area is 125 Å². The Morgan fingerprint density at radius 1 is 1.09 bits per heavy atom. The van der Waals surface area contributed by atoms with Crippen LogP contribution in [-0.4, -0.2) is 15.2 Å². The molecule has 0 bridgehead atoms. The average molecular weight is 292 g/mol. The van der Waals surface area contributed by atoms with Crippen LogP contribution in [0.3, 0.4) is 0 Å². The largest absolute Gasteiger partial charge is 0.354 e. The number of hydrogen-bond acceptors (Lipinski definition) is 2. The van der Waals surface area contributed by atoms with Crippen LogP contribution in [-0.2, 0) is 0 Å². The molecule has 0 aliphatic carbocycles. The van der Waals surface area contributed by atoms with E-state index in [2.05, 4.69) is 9.97 Å². The van der Waals surface area contributed by atoms with Crippen LogP contribution in [0.15, 0.2) is 53.6 Å². The first kappa shape index (κ1) is 12.6. The molecule has 0 radical (unpaired) electrons. The number of nitrogens with zero attached hydrogens (tertiary/aromatic N) is 1. The third kappa shape index (κ3) is 1.79. The highest BCUT2D eigenvalue weighted by Gasteiger charge is 2.14. The van der Waals surface area contributed by atoms with E-state index in [1.54, 1.807) is 18.5 Å². The highest BCUT2D eigenvalue weighted by molar-refractivity contribution is 5.90. The van der Waals surface area contributed by atoms with Crippen LogP contribution in [0.1, 0.15) is 5.56 Å². The smallest absolute Gasteiger partial charge is 0.258 e. The molecule has 0 fully saturated rings. The van der Waals surface area contributed by atoms with Gasteiger partial charge in [0, 0.05) is 21.7 Å². The van der Waals surface area contributed by atoms with Crippen molar-refractivity contribution >= 4 is 21.8 Å². The molecule has 5 heteroatoms. The second-order valence-electron chi connectivity index (χ2n) is 5.38. The number of H-pyrrole nitrogens is 2. The maximum absolute atomic E-state index is 12.5. The van der Waals surface area contributed by atoms with Crippen LogP contribution in [0, 0.1) is 6.92 Å². The summed E-state index contributed by atoms with van der Waals surface area (Å²) in [5.41, 5.74) is 3.87. The molecule has 5 nitrogen and oxygen atoms in total. The zero-order valence-electron chi connectivity index (χ0n) is 11.9. The molecule has 4 rings (SSSR count). The molecule has 3 N–H and O–H groups in total. The van der Waals surface area contributed by atoms with Crippen molar-refractivity contribution in [1.29, 1.82) is 0 Å². The molecule has 0 atom stereocenters. The molecule has 3 heterocycles. The van der Waals surface area contributed by atoms with Gasteiger partial charge in [-0.05, 0) is 24.6 Å². The van der Waals surface area contributed by atoms with E-state index in [1.165, 1.54) is 0 Å². The van der Waals surface area contributed by atoms with Crippen molar-refractivity contribution in [3.05, 3.63) is 64.7 Å². The van der Waals surface area contributed by atoms with Crippen LogP contribution >= 0.6 is 0 Å². The summed E-state index contributed by atoms with van der Waals surface area (Å²) in [6, 6.07) is 11.4. The predicted octanol–water partition coefficient (Wildman–Crippen LogP) is 2.51. The molecule has 0 amide bonds. The monoisotopic (exact) mass is 292 g/mol. The third-order valence-corrected chi connectivity index (χ3v) is 4.00. The Hall–Kier alpha value is -3.08. The topological polar surface area (TPSA) is 72.8 Å². The Morgan fingerprint density at radius 2 is 1.91 bits per heavy atom. The van der Waals surface area contributed by atoms with Crippen LogP contribution in [0.5, 0.6) is 0 Å². The minimum absolute atomic E-state index is 0.125. The Kier molecular flexibility index (Phi) is 2.56. The molecular formula is C17H14N3O2+. The summed E-state index contributed by atoms with van der Waals surface area (Å²) in [5.74, 6) is 0. The number of para-hydroxylation sites is 1. The maximum Gasteiger partial charge on any atom is 0.258 e. The van der Waals surface area contributed by atoms with Gasteiger partial charge >= 0.3 is 0 Å². The van der Waals surface area contributed by atoms with Gasteiger partial charge in [0.15, 0.2) is 0 Å². The predicted molar refractivity (Wildman–Crippen MR) is 84.0 cm³/mol. The Balaban J connectivity index is 2.05. The minimum Gasteiger partial charge on any atom is -0.354 e. The van der Waals surface area contributed by atoms with E-state index in [9.17, 15) is 10.0 Å². The number of fused-ring (bicyclic) bond motifs is 2. The van der Waals surface area contributed by atoms with E-state index >= 15 is 0 Å². The number of rotatable bonds is 1. The van der Waals surface area contributed by atoms with Gasteiger partial charge in [-0.1, -0.05) is 18.2 Å². The fourth-order valence-electron chi connectivity index (χ4n) is 2.94. The first-order valence-electron chi connectivity index (χ1n) is 6.99. The van der Waals surface area contributed by atoms with Gasteiger partial charge in [-0.15, -0.1) is 0 Å². The number of aromatic amines is 2. The van der Waals surface area contributed by atoms with Gasteiger partial charge in [0.2, 0.25) is 12.4 Å². The zero-order chi connectivity index (χ0) is 15.3. The van der Waals surface area contributed by atoms with E-state index in [0.717, 1.165) is 37.8 Å². The summed E-state index contributed by atoms with van der Waals surface area (Å²) in [5, 5.41) is 11.4. The summed E-state index contributed by atoms with van der Waals surface area (Å²) in [6.45, 7) is 1.95. The van der Waals surface area contributed by atoms with Crippen LogP contribution < -0.4 is 10.3 Å². The van der Waals surface area contributed by atoms with E-state index in [0.29, 0.717) is 5.56 Å².